The lowest BCUT2D eigenvalue weighted by Gasteiger charge is -2.21. The van der Waals surface area contributed by atoms with Crippen LogP contribution in [0.5, 0.6) is 0 Å². The molecule has 1 unspecified atom stereocenters. The molecule has 0 saturated carbocycles. The van der Waals surface area contributed by atoms with Gasteiger partial charge in [0, 0.05) is 0 Å². The van der Waals surface area contributed by atoms with Crippen LogP contribution in [0.4, 0.5) is 0 Å². The van der Waals surface area contributed by atoms with E-state index in [1.165, 1.54) is 7.11 Å². The topological polar surface area (TPSA) is 55.6 Å². The molecule has 0 aromatic rings. The minimum atomic E-state index is -0.200. The number of hydrogen-bond acceptors (Lipinski definition) is 4. The molecular formula is C8H18N2O2. The van der Waals surface area contributed by atoms with Crippen molar-refractivity contribution in [2.24, 2.45) is 5.73 Å². The highest BCUT2D eigenvalue weighted by molar-refractivity contribution is 5.75. The number of methoxy groups -OCH3 is 1. The van der Waals surface area contributed by atoms with E-state index in [4.69, 9.17) is 5.73 Å². The molecule has 0 aliphatic rings. The zero-order valence-corrected chi connectivity index (χ0v) is 8.04. The summed E-state index contributed by atoms with van der Waals surface area (Å²) >= 11 is 0. The number of hydrogen-bond donors (Lipinski definition) is 1. The maximum atomic E-state index is 11.0. The fourth-order valence-electron chi connectivity index (χ4n) is 0.885. The Morgan fingerprint density at radius 1 is 1.67 bits per heavy atom. The molecule has 2 N–H and O–H groups in total. The van der Waals surface area contributed by atoms with E-state index in [2.05, 4.69) is 4.74 Å². The minimum Gasteiger partial charge on any atom is -0.468 e. The number of carbonyl (C=O) groups excluding carboxylic acids is 1. The first-order valence-corrected chi connectivity index (χ1v) is 4.11. The number of nitrogens with two attached hydrogens (primary N) is 1. The third kappa shape index (κ3) is 3.69. The maximum Gasteiger partial charge on any atom is 0.322 e. The van der Waals surface area contributed by atoms with Crippen LogP contribution in [0, 0.1) is 0 Å². The lowest BCUT2D eigenvalue weighted by Crippen LogP contribution is -2.37. The van der Waals surface area contributed by atoms with E-state index in [0.717, 1.165) is 13.0 Å². The molecule has 0 aliphatic heterocycles. The molecule has 72 valence electrons. The Hall–Kier alpha value is -0.610. The fourth-order valence-corrected chi connectivity index (χ4v) is 0.885. The fraction of sp³-hybridized carbons (Fsp3) is 0.875. The van der Waals surface area contributed by atoms with Gasteiger partial charge in [0.05, 0.1) is 7.11 Å². The van der Waals surface area contributed by atoms with Crippen molar-refractivity contribution in [3.05, 3.63) is 0 Å². The molecule has 0 radical (unpaired) electrons. The highest BCUT2D eigenvalue weighted by Crippen LogP contribution is 1.98. The van der Waals surface area contributed by atoms with Crippen LogP contribution >= 0.6 is 0 Å². The van der Waals surface area contributed by atoms with Crippen molar-refractivity contribution < 1.29 is 9.53 Å². The minimum absolute atomic E-state index is 0.179. The van der Waals surface area contributed by atoms with E-state index in [0.29, 0.717) is 6.54 Å². The number of rotatable bonds is 5. The average molecular weight is 174 g/mol. The molecule has 0 amide bonds. The van der Waals surface area contributed by atoms with Crippen LogP contribution in [0.2, 0.25) is 0 Å². The molecule has 1 atom stereocenters. The molecule has 12 heavy (non-hydrogen) atoms. The van der Waals surface area contributed by atoms with Crippen LogP contribution in [0.25, 0.3) is 0 Å². The molecule has 0 bridgehead atoms. The average Bonchev–Trinajstić information content (AvgIpc) is 2.11. The van der Waals surface area contributed by atoms with Crippen molar-refractivity contribution in [2.45, 2.75) is 19.4 Å². The van der Waals surface area contributed by atoms with Crippen LogP contribution in [0.3, 0.4) is 0 Å². The smallest absolute Gasteiger partial charge is 0.322 e. The van der Waals surface area contributed by atoms with E-state index in [9.17, 15) is 4.79 Å². The molecule has 0 rings (SSSR count). The quantitative estimate of drug-likeness (QED) is 0.588. The number of esters is 1. The predicted octanol–water partition coefficient (Wildman–Crippen LogP) is -0.171. The Bertz CT molecular complexity index is 139. The standard InChI is InChI=1S/C8H18N2O2/c1-7(8(11)12-3)10(2)6-4-5-9/h7H,4-6,9H2,1-3H3. The normalized spacial score (nSPS) is 13.1. The van der Waals surface area contributed by atoms with Gasteiger partial charge < -0.3 is 10.5 Å². The van der Waals surface area contributed by atoms with Crippen molar-refractivity contribution in [2.75, 3.05) is 27.2 Å². The van der Waals surface area contributed by atoms with Crippen molar-refractivity contribution in [3.63, 3.8) is 0 Å². The number of likely N-dealkylation sites (N-methyl/N-ethyl adjacent to an activating group) is 1. The molecule has 0 saturated heterocycles. The Balaban J connectivity index is 3.75. The second kappa shape index (κ2) is 5.97. The van der Waals surface area contributed by atoms with Crippen LogP contribution in [0.1, 0.15) is 13.3 Å². The summed E-state index contributed by atoms with van der Waals surface area (Å²) in [6.45, 7) is 3.30. The van der Waals surface area contributed by atoms with Gasteiger partial charge in [-0.3, -0.25) is 9.69 Å². The van der Waals surface area contributed by atoms with E-state index >= 15 is 0 Å². The second-order valence-corrected chi connectivity index (χ2v) is 2.82. The van der Waals surface area contributed by atoms with Crippen molar-refractivity contribution in [1.29, 1.82) is 0 Å². The zero-order valence-electron chi connectivity index (χ0n) is 8.04. The second-order valence-electron chi connectivity index (χ2n) is 2.82. The van der Waals surface area contributed by atoms with Crippen LogP contribution in [0.15, 0.2) is 0 Å². The molecule has 0 aromatic carbocycles. The number of carbonyl (C=O) groups is 1. The van der Waals surface area contributed by atoms with Gasteiger partial charge in [0.15, 0.2) is 0 Å². The number of ether oxygens (including phenoxy) is 1. The van der Waals surface area contributed by atoms with Gasteiger partial charge in [-0.15, -0.1) is 0 Å². The lowest BCUT2D eigenvalue weighted by atomic mass is 10.3. The zero-order chi connectivity index (χ0) is 9.56. The monoisotopic (exact) mass is 174 g/mol. The Labute approximate surface area is 73.7 Å². The van der Waals surface area contributed by atoms with Gasteiger partial charge in [0.1, 0.15) is 6.04 Å². The van der Waals surface area contributed by atoms with Gasteiger partial charge in [-0.2, -0.15) is 0 Å². The molecule has 0 heterocycles. The molecular weight excluding hydrogens is 156 g/mol. The van der Waals surface area contributed by atoms with Crippen molar-refractivity contribution in [3.8, 4) is 0 Å². The molecule has 0 aromatic heterocycles. The molecule has 4 heteroatoms. The van der Waals surface area contributed by atoms with Gasteiger partial charge in [-0.25, -0.2) is 0 Å². The van der Waals surface area contributed by atoms with Crippen LogP contribution in [-0.4, -0.2) is 44.2 Å². The predicted molar refractivity (Wildman–Crippen MR) is 47.8 cm³/mol. The SMILES string of the molecule is COC(=O)C(C)N(C)CCCN. The van der Waals surface area contributed by atoms with E-state index in [-0.39, 0.29) is 12.0 Å². The Kier molecular flexibility index (Phi) is 5.66. The van der Waals surface area contributed by atoms with E-state index in [1.54, 1.807) is 0 Å². The van der Waals surface area contributed by atoms with Crippen molar-refractivity contribution >= 4 is 5.97 Å². The van der Waals surface area contributed by atoms with Crippen LogP contribution < -0.4 is 5.73 Å². The van der Waals surface area contributed by atoms with Gasteiger partial charge >= 0.3 is 5.97 Å². The third-order valence-electron chi connectivity index (χ3n) is 1.92. The summed E-state index contributed by atoms with van der Waals surface area (Å²) in [5.41, 5.74) is 5.34. The summed E-state index contributed by atoms with van der Waals surface area (Å²) in [5, 5.41) is 0. The summed E-state index contributed by atoms with van der Waals surface area (Å²) in [6.07, 6.45) is 0.901. The van der Waals surface area contributed by atoms with Crippen molar-refractivity contribution in [1.82, 2.24) is 4.90 Å². The highest BCUT2D eigenvalue weighted by atomic mass is 16.5. The van der Waals surface area contributed by atoms with Gasteiger partial charge in [0.2, 0.25) is 0 Å². The largest absolute Gasteiger partial charge is 0.468 e. The van der Waals surface area contributed by atoms with Crippen LogP contribution in [-0.2, 0) is 9.53 Å². The Morgan fingerprint density at radius 2 is 2.25 bits per heavy atom. The first-order chi connectivity index (χ1) is 5.63. The summed E-state index contributed by atoms with van der Waals surface area (Å²) in [7, 11) is 3.28. The first-order valence-electron chi connectivity index (χ1n) is 4.11. The maximum absolute atomic E-state index is 11.0. The third-order valence-corrected chi connectivity index (χ3v) is 1.92. The molecule has 4 nitrogen and oxygen atoms in total. The Morgan fingerprint density at radius 3 is 2.67 bits per heavy atom. The van der Waals surface area contributed by atoms with E-state index < -0.39 is 0 Å². The van der Waals surface area contributed by atoms with E-state index in [1.807, 2.05) is 18.9 Å². The summed E-state index contributed by atoms with van der Waals surface area (Å²) in [4.78, 5) is 13.0. The van der Waals surface area contributed by atoms with Gasteiger partial charge in [-0.05, 0) is 33.5 Å². The number of nitrogens with zero attached hydrogens (tertiary/aromatic N) is 1. The molecule has 0 fully saturated rings. The highest BCUT2D eigenvalue weighted by Gasteiger charge is 2.17. The first kappa shape index (κ1) is 11.4. The van der Waals surface area contributed by atoms with Gasteiger partial charge in [0.25, 0.3) is 0 Å². The van der Waals surface area contributed by atoms with Gasteiger partial charge in [-0.1, -0.05) is 0 Å². The lowest BCUT2D eigenvalue weighted by molar-refractivity contribution is -0.145. The molecule has 0 aliphatic carbocycles. The summed E-state index contributed by atoms with van der Waals surface area (Å²) in [6, 6.07) is -0.179. The summed E-state index contributed by atoms with van der Waals surface area (Å²) < 4.78 is 4.60. The summed E-state index contributed by atoms with van der Waals surface area (Å²) in [5.74, 6) is -0.200. The molecule has 0 spiro atoms.